The highest BCUT2D eigenvalue weighted by atomic mass is 35.5. The fourth-order valence-electron chi connectivity index (χ4n) is 3.52. The molecule has 0 spiro atoms. The Kier molecular flexibility index (Phi) is 7.56. The summed E-state index contributed by atoms with van der Waals surface area (Å²) in [5.74, 6) is -1.52. The lowest BCUT2D eigenvalue weighted by Crippen LogP contribution is -2.30. The lowest BCUT2D eigenvalue weighted by Gasteiger charge is -2.19. The van der Waals surface area contributed by atoms with E-state index in [1.165, 1.54) is 27.8 Å². The molecule has 8 nitrogen and oxygen atoms in total. The van der Waals surface area contributed by atoms with E-state index in [-0.39, 0.29) is 28.6 Å². The van der Waals surface area contributed by atoms with Gasteiger partial charge in [0.15, 0.2) is 6.61 Å². The lowest BCUT2D eigenvalue weighted by atomic mass is 10.1. The number of benzene rings is 1. The quantitative estimate of drug-likeness (QED) is 0.559. The van der Waals surface area contributed by atoms with Gasteiger partial charge in [0.05, 0.1) is 21.0 Å². The number of amides is 1. The number of sulfonamides is 1. The highest BCUT2D eigenvalue weighted by molar-refractivity contribution is 7.89. The Balaban J connectivity index is 1.70. The molecule has 0 fully saturated rings. The minimum absolute atomic E-state index is 0.00959. The number of nitrogens with zero attached hydrogens (tertiary/aromatic N) is 2. The third kappa shape index (κ3) is 4.81. The Morgan fingerprint density at radius 3 is 2.66 bits per heavy atom. The lowest BCUT2D eigenvalue weighted by molar-refractivity contribution is -0.119. The predicted molar refractivity (Wildman–Crippen MR) is 122 cm³/mol. The molecule has 11 heteroatoms. The molecule has 3 rings (SSSR count). The monoisotopic (exact) mass is 495 g/mol. The molecule has 1 aromatic carbocycles. The van der Waals surface area contributed by atoms with Crippen molar-refractivity contribution in [3.8, 4) is 6.07 Å². The largest absolute Gasteiger partial charge is 0.452 e. The Morgan fingerprint density at radius 2 is 2.00 bits per heavy atom. The number of carbonyl (C=O) groups is 2. The van der Waals surface area contributed by atoms with Crippen LogP contribution in [-0.2, 0) is 32.4 Å². The Hall–Kier alpha value is -2.45. The molecule has 1 heterocycles. The number of ether oxygens (including phenoxy) is 1. The third-order valence-electron chi connectivity index (χ3n) is 5.12. The summed E-state index contributed by atoms with van der Waals surface area (Å²) in [5, 5.41) is 12.5. The van der Waals surface area contributed by atoms with Crippen LogP contribution in [0.5, 0.6) is 0 Å². The van der Waals surface area contributed by atoms with E-state index in [0.717, 1.165) is 35.8 Å². The van der Waals surface area contributed by atoms with E-state index in [4.69, 9.17) is 16.3 Å². The molecular formula is C21H22ClN3O5S2. The van der Waals surface area contributed by atoms with Crippen molar-refractivity contribution in [2.75, 3.05) is 25.0 Å². The minimum Gasteiger partial charge on any atom is -0.452 e. The molecule has 32 heavy (non-hydrogen) atoms. The zero-order valence-corrected chi connectivity index (χ0v) is 20.0. The summed E-state index contributed by atoms with van der Waals surface area (Å²) < 4.78 is 31.7. The van der Waals surface area contributed by atoms with Crippen LogP contribution in [0, 0.1) is 11.3 Å². The first-order valence-electron chi connectivity index (χ1n) is 10.0. The maximum absolute atomic E-state index is 12.7. The highest BCUT2D eigenvalue weighted by Gasteiger charge is 2.26. The number of nitrogens with one attached hydrogen (secondary N) is 1. The van der Waals surface area contributed by atoms with E-state index in [9.17, 15) is 23.3 Å². The average Bonchev–Trinajstić information content (AvgIpc) is 3.33. The number of thiophene rings is 1. The Morgan fingerprint density at radius 1 is 1.28 bits per heavy atom. The van der Waals surface area contributed by atoms with E-state index in [1.807, 2.05) is 0 Å². The minimum atomic E-state index is -3.79. The van der Waals surface area contributed by atoms with Crippen LogP contribution < -0.4 is 5.32 Å². The number of aryl methyl sites for hydroxylation is 1. The van der Waals surface area contributed by atoms with Gasteiger partial charge in [-0.15, -0.1) is 11.3 Å². The van der Waals surface area contributed by atoms with Crippen LogP contribution >= 0.6 is 22.9 Å². The standard InChI is InChI=1S/C21H22ClN3O5S2/c1-3-25(4-2)32(28,29)13-8-9-17(22)15(10-13)21(27)30-12-19(26)24-20-16(11-23)14-6-5-7-18(14)31-20/h8-10H,3-7,12H2,1-2H3,(H,24,26). The maximum Gasteiger partial charge on any atom is 0.340 e. The summed E-state index contributed by atoms with van der Waals surface area (Å²) in [6, 6.07) is 5.90. The predicted octanol–water partition coefficient (Wildman–Crippen LogP) is 3.59. The maximum atomic E-state index is 12.7. The normalized spacial score (nSPS) is 13.0. The van der Waals surface area contributed by atoms with Gasteiger partial charge in [-0.1, -0.05) is 25.4 Å². The van der Waals surface area contributed by atoms with Crippen molar-refractivity contribution >= 4 is 49.8 Å². The number of carbonyl (C=O) groups excluding carboxylic acids is 2. The number of halogens is 1. The topological polar surface area (TPSA) is 117 Å². The Labute approximate surface area is 195 Å². The molecule has 0 saturated heterocycles. The molecule has 0 atom stereocenters. The fourth-order valence-corrected chi connectivity index (χ4v) is 6.45. The van der Waals surface area contributed by atoms with Gasteiger partial charge in [0.1, 0.15) is 11.1 Å². The summed E-state index contributed by atoms with van der Waals surface area (Å²) in [6.07, 6.45) is 2.68. The second-order valence-corrected chi connectivity index (χ2v) is 10.5. The molecule has 1 N–H and O–H groups in total. The van der Waals surface area contributed by atoms with Gasteiger partial charge in [-0.2, -0.15) is 9.57 Å². The van der Waals surface area contributed by atoms with Crippen LogP contribution in [0.15, 0.2) is 23.1 Å². The Bertz CT molecular complexity index is 1200. The summed E-state index contributed by atoms with van der Waals surface area (Å²) in [4.78, 5) is 25.8. The first kappa shape index (κ1) is 24.2. The zero-order chi connectivity index (χ0) is 23.5. The molecule has 0 bridgehead atoms. The number of rotatable bonds is 8. The number of anilines is 1. The zero-order valence-electron chi connectivity index (χ0n) is 17.6. The summed E-state index contributed by atoms with van der Waals surface area (Å²) in [7, 11) is -3.79. The molecular weight excluding hydrogens is 474 g/mol. The second-order valence-electron chi connectivity index (χ2n) is 7.03. The van der Waals surface area contributed by atoms with Crippen LogP contribution in [0.4, 0.5) is 5.00 Å². The molecule has 0 saturated carbocycles. The van der Waals surface area contributed by atoms with Gasteiger partial charge in [0, 0.05) is 18.0 Å². The molecule has 170 valence electrons. The molecule has 2 aromatic rings. The van der Waals surface area contributed by atoms with E-state index < -0.39 is 28.5 Å². The van der Waals surface area contributed by atoms with E-state index in [0.29, 0.717) is 10.6 Å². The molecule has 1 aromatic heterocycles. The van der Waals surface area contributed by atoms with E-state index >= 15 is 0 Å². The van der Waals surface area contributed by atoms with Crippen LogP contribution in [0.3, 0.4) is 0 Å². The van der Waals surface area contributed by atoms with Gasteiger partial charge >= 0.3 is 5.97 Å². The first-order chi connectivity index (χ1) is 15.2. The summed E-state index contributed by atoms with van der Waals surface area (Å²) in [5.41, 5.74) is 1.28. The van der Waals surface area contributed by atoms with E-state index in [1.54, 1.807) is 13.8 Å². The van der Waals surface area contributed by atoms with Crippen molar-refractivity contribution in [2.45, 2.75) is 38.0 Å². The molecule has 0 radical (unpaired) electrons. The van der Waals surface area contributed by atoms with Crippen molar-refractivity contribution in [1.29, 1.82) is 5.26 Å². The molecule has 0 unspecified atom stereocenters. The van der Waals surface area contributed by atoms with Crippen molar-refractivity contribution in [2.24, 2.45) is 0 Å². The molecule has 1 aliphatic carbocycles. The van der Waals surface area contributed by atoms with Crippen LogP contribution in [0.1, 0.15) is 46.6 Å². The number of hydrogen-bond acceptors (Lipinski definition) is 7. The number of hydrogen-bond donors (Lipinski definition) is 1. The van der Waals surface area contributed by atoms with Crippen LogP contribution in [0.2, 0.25) is 5.02 Å². The van der Waals surface area contributed by atoms with Gasteiger partial charge in [0.2, 0.25) is 10.0 Å². The summed E-state index contributed by atoms with van der Waals surface area (Å²) in [6.45, 7) is 3.38. The highest BCUT2D eigenvalue weighted by Crippen LogP contribution is 2.38. The molecule has 0 aliphatic heterocycles. The third-order valence-corrected chi connectivity index (χ3v) is 8.70. The van der Waals surface area contributed by atoms with Gasteiger partial charge in [0.25, 0.3) is 5.91 Å². The van der Waals surface area contributed by atoms with Gasteiger partial charge in [-0.3, -0.25) is 4.79 Å². The van der Waals surface area contributed by atoms with Crippen molar-refractivity contribution in [3.63, 3.8) is 0 Å². The summed E-state index contributed by atoms with van der Waals surface area (Å²) >= 11 is 7.43. The number of nitriles is 1. The van der Waals surface area contributed by atoms with Crippen LogP contribution in [-0.4, -0.2) is 44.3 Å². The van der Waals surface area contributed by atoms with Crippen molar-refractivity contribution in [3.05, 3.63) is 44.8 Å². The number of fused-ring (bicyclic) bond motifs is 1. The van der Waals surface area contributed by atoms with Gasteiger partial charge in [-0.05, 0) is 43.0 Å². The molecule has 1 aliphatic rings. The SMILES string of the molecule is CCN(CC)S(=O)(=O)c1ccc(Cl)c(C(=O)OCC(=O)Nc2sc3c(c2C#N)CCC3)c1. The van der Waals surface area contributed by atoms with Gasteiger partial charge < -0.3 is 10.1 Å². The smallest absolute Gasteiger partial charge is 0.340 e. The van der Waals surface area contributed by atoms with Crippen LogP contribution in [0.25, 0.3) is 0 Å². The van der Waals surface area contributed by atoms with Crippen molar-refractivity contribution in [1.82, 2.24) is 4.31 Å². The number of esters is 1. The van der Waals surface area contributed by atoms with Gasteiger partial charge in [-0.25, -0.2) is 13.2 Å². The van der Waals surface area contributed by atoms with E-state index in [2.05, 4.69) is 11.4 Å². The first-order valence-corrected chi connectivity index (χ1v) is 12.7. The van der Waals surface area contributed by atoms with Crippen molar-refractivity contribution < 1.29 is 22.7 Å². The molecule has 1 amide bonds. The fraction of sp³-hybridized carbons (Fsp3) is 0.381. The second kappa shape index (κ2) is 10.0. The average molecular weight is 496 g/mol.